The van der Waals surface area contributed by atoms with Crippen LogP contribution in [0.15, 0.2) is 40.1 Å². The van der Waals surface area contributed by atoms with Crippen LogP contribution in [0.1, 0.15) is 10.6 Å². The van der Waals surface area contributed by atoms with E-state index >= 15 is 0 Å². The van der Waals surface area contributed by atoms with E-state index in [4.69, 9.17) is 10.2 Å². The minimum atomic E-state index is -3.74. The van der Waals surface area contributed by atoms with Gasteiger partial charge in [-0.15, -0.1) is 0 Å². The van der Waals surface area contributed by atoms with E-state index in [1.165, 1.54) is 16.4 Å². The molecule has 0 radical (unpaired) electrons. The standard InChI is InChI=1S/C14H19N5O4S/c15-14(20)12-2-3-13(23-12)24(21,22)19-10-7-17(8-11-19)6-9-18-5-1-4-16-18/h1-5H,6-11H2,(H2,15,20). The van der Waals surface area contributed by atoms with Gasteiger partial charge in [-0.2, -0.15) is 9.40 Å². The second-order valence-electron chi connectivity index (χ2n) is 5.50. The first kappa shape index (κ1) is 16.7. The quantitative estimate of drug-likeness (QED) is 0.754. The van der Waals surface area contributed by atoms with Crippen molar-refractivity contribution in [3.8, 4) is 0 Å². The molecular formula is C14H19N5O4S. The van der Waals surface area contributed by atoms with Crippen LogP contribution in [0.2, 0.25) is 0 Å². The Morgan fingerprint density at radius 3 is 2.54 bits per heavy atom. The Labute approximate surface area is 139 Å². The van der Waals surface area contributed by atoms with Gasteiger partial charge in [0.25, 0.3) is 15.9 Å². The highest BCUT2D eigenvalue weighted by molar-refractivity contribution is 7.89. The third-order valence-corrected chi connectivity index (χ3v) is 5.73. The Hall–Kier alpha value is -2.17. The van der Waals surface area contributed by atoms with Crippen molar-refractivity contribution in [3.05, 3.63) is 36.4 Å². The number of primary amides is 1. The predicted octanol–water partition coefficient (Wildman–Crippen LogP) is -0.418. The molecule has 1 fully saturated rings. The van der Waals surface area contributed by atoms with E-state index in [1.54, 1.807) is 6.20 Å². The molecule has 2 aromatic heterocycles. The van der Waals surface area contributed by atoms with Gasteiger partial charge >= 0.3 is 0 Å². The first-order chi connectivity index (χ1) is 11.5. The molecule has 9 nitrogen and oxygen atoms in total. The van der Waals surface area contributed by atoms with Crippen molar-refractivity contribution in [2.75, 3.05) is 32.7 Å². The van der Waals surface area contributed by atoms with Crippen molar-refractivity contribution < 1.29 is 17.6 Å². The Morgan fingerprint density at radius 1 is 1.21 bits per heavy atom. The Morgan fingerprint density at radius 2 is 1.96 bits per heavy atom. The molecule has 2 aromatic rings. The average Bonchev–Trinajstić information content (AvgIpc) is 3.25. The largest absolute Gasteiger partial charge is 0.438 e. The van der Waals surface area contributed by atoms with Crippen LogP contribution in [0.25, 0.3) is 0 Å². The van der Waals surface area contributed by atoms with Crippen LogP contribution in [-0.2, 0) is 16.6 Å². The molecule has 10 heteroatoms. The normalized spacial score (nSPS) is 17.2. The summed E-state index contributed by atoms with van der Waals surface area (Å²) in [5.74, 6) is -0.952. The van der Waals surface area contributed by atoms with Crippen molar-refractivity contribution in [1.82, 2.24) is 19.0 Å². The number of sulfonamides is 1. The fourth-order valence-electron chi connectivity index (χ4n) is 2.59. The number of carbonyl (C=O) groups excluding carboxylic acids is 1. The summed E-state index contributed by atoms with van der Waals surface area (Å²) in [7, 11) is -3.74. The summed E-state index contributed by atoms with van der Waals surface area (Å²) >= 11 is 0. The molecule has 3 rings (SSSR count). The fourth-order valence-corrected chi connectivity index (χ4v) is 3.92. The molecule has 1 amide bonds. The highest BCUT2D eigenvalue weighted by Crippen LogP contribution is 2.20. The minimum Gasteiger partial charge on any atom is -0.438 e. The predicted molar refractivity (Wildman–Crippen MR) is 84.7 cm³/mol. The fraction of sp³-hybridized carbons (Fsp3) is 0.429. The zero-order valence-corrected chi connectivity index (χ0v) is 13.9. The monoisotopic (exact) mass is 353 g/mol. The molecule has 2 N–H and O–H groups in total. The van der Waals surface area contributed by atoms with Gasteiger partial charge < -0.3 is 10.2 Å². The maximum atomic E-state index is 12.5. The molecule has 130 valence electrons. The van der Waals surface area contributed by atoms with Crippen LogP contribution in [0.5, 0.6) is 0 Å². The van der Waals surface area contributed by atoms with Crippen LogP contribution >= 0.6 is 0 Å². The molecule has 0 bridgehead atoms. The van der Waals surface area contributed by atoms with Gasteiger partial charge in [0.15, 0.2) is 5.76 Å². The van der Waals surface area contributed by atoms with E-state index in [2.05, 4.69) is 10.00 Å². The SMILES string of the molecule is NC(=O)c1ccc(S(=O)(=O)N2CCN(CCn3cccn3)CC2)o1. The number of furan rings is 1. The van der Waals surface area contributed by atoms with Gasteiger partial charge in [-0.3, -0.25) is 14.4 Å². The third kappa shape index (κ3) is 3.50. The number of hydrogen-bond donors (Lipinski definition) is 1. The third-order valence-electron chi connectivity index (χ3n) is 3.95. The molecule has 0 aromatic carbocycles. The average molecular weight is 353 g/mol. The summed E-state index contributed by atoms with van der Waals surface area (Å²) in [4.78, 5) is 13.2. The van der Waals surface area contributed by atoms with Gasteiger partial charge in [0, 0.05) is 45.1 Å². The van der Waals surface area contributed by atoms with E-state index < -0.39 is 15.9 Å². The number of piperazine rings is 1. The lowest BCUT2D eigenvalue weighted by Gasteiger charge is -2.33. The van der Waals surface area contributed by atoms with Crippen molar-refractivity contribution >= 4 is 15.9 Å². The van der Waals surface area contributed by atoms with Crippen LogP contribution in [-0.4, -0.2) is 66.0 Å². The highest BCUT2D eigenvalue weighted by atomic mass is 32.2. The summed E-state index contributed by atoms with van der Waals surface area (Å²) in [6, 6.07) is 4.41. The zero-order valence-electron chi connectivity index (χ0n) is 13.0. The molecule has 0 spiro atoms. The van der Waals surface area contributed by atoms with Gasteiger partial charge in [0.05, 0.1) is 6.54 Å². The van der Waals surface area contributed by atoms with Gasteiger partial charge in [0.1, 0.15) is 0 Å². The summed E-state index contributed by atoms with van der Waals surface area (Å²) < 4.78 is 33.3. The molecule has 24 heavy (non-hydrogen) atoms. The van der Waals surface area contributed by atoms with Crippen molar-refractivity contribution in [2.45, 2.75) is 11.6 Å². The Balaban J connectivity index is 1.57. The lowest BCUT2D eigenvalue weighted by molar-refractivity contribution is 0.0968. The van der Waals surface area contributed by atoms with Gasteiger partial charge in [-0.05, 0) is 18.2 Å². The summed E-state index contributed by atoms with van der Waals surface area (Å²) in [5, 5.41) is 3.90. The van der Waals surface area contributed by atoms with Crippen molar-refractivity contribution in [2.24, 2.45) is 5.73 Å². The number of amides is 1. The van der Waals surface area contributed by atoms with Crippen LogP contribution in [0.3, 0.4) is 0 Å². The molecule has 0 aliphatic carbocycles. The van der Waals surface area contributed by atoms with Crippen LogP contribution in [0, 0.1) is 0 Å². The number of nitrogens with two attached hydrogens (primary N) is 1. The molecule has 0 saturated carbocycles. The number of aromatic nitrogens is 2. The van der Waals surface area contributed by atoms with Gasteiger partial charge in [0.2, 0.25) is 5.09 Å². The number of hydrogen-bond acceptors (Lipinski definition) is 6. The van der Waals surface area contributed by atoms with E-state index in [0.717, 1.165) is 13.1 Å². The van der Waals surface area contributed by atoms with Gasteiger partial charge in [-0.1, -0.05) is 0 Å². The van der Waals surface area contributed by atoms with Crippen molar-refractivity contribution in [3.63, 3.8) is 0 Å². The molecule has 3 heterocycles. The maximum absolute atomic E-state index is 12.5. The van der Waals surface area contributed by atoms with Crippen LogP contribution in [0.4, 0.5) is 0 Å². The molecule has 0 unspecified atom stereocenters. The number of carbonyl (C=O) groups is 1. The first-order valence-electron chi connectivity index (χ1n) is 7.56. The molecular weight excluding hydrogens is 334 g/mol. The Bertz CT molecular complexity index is 791. The molecule has 1 aliphatic rings. The van der Waals surface area contributed by atoms with E-state index in [1.807, 2.05) is 16.9 Å². The van der Waals surface area contributed by atoms with Crippen LogP contribution < -0.4 is 5.73 Å². The summed E-state index contributed by atoms with van der Waals surface area (Å²) in [6.07, 6.45) is 3.63. The maximum Gasteiger partial charge on any atom is 0.284 e. The molecule has 1 aliphatic heterocycles. The van der Waals surface area contributed by atoms with E-state index in [-0.39, 0.29) is 10.9 Å². The topological polar surface area (TPSA) is 115 Å². The first-order valence-corrected chi connectivity index (χ1v) is 9.00. The minimum absolute atomic E-state index is 0.161. The second kappa shape index (κ2) is 6.75. The smallest absolute Gasteiger partial charge is 0.284 e. The lowest BCUT2D eigenvalue weighted by atomic mass is 10.3. The van der Waals surface area contributed by atoms with E-state index in [0.29, 0.717) is 26.2 Å². The highest BCUT2D eigenvalue weighted by Gasteiger charge is 2.31. The summed E-state index contributed by atoms with van der Waals surface area (Å²) in [5.41, 5.74) is 5.09. The number of rotatable bonds is 6. The molecule has 1 saturated heterocycles. The number of nitrogens with zero attached hydrogens (tertiary/aromatic N) is 4. The summed E-state index contributed by atoms with van der Waals surface area (Å²) in [6.45, 7) is 3.57. The van der Waals surface area contributed by atoms with E-state index in [9.17, 15) is 13.2 Å². The second-order valence-corrected chi connectivity index (χ2v) is 7.37. The lowest BCUT2D eigenvalue weighted by Crippen LogP contribution is -2.49. The Kier molecular flexibility index (Phi) is 4.69. The molecule has 0 atom stereocenters. The van der Waals surface area contributed by atoms with Gasteiger partial charge in [-0.25, -0.2) is 8.42 Å². The van der Waals surface area contributed by atoms with Crippen molar-refractivity contribution in [1.29, 1.82) is 0 Å². The zero-order chi connectivity index (χ0) is 17.2.